The zero-order chi connectivity index (χ0) is 21.8. The normalized spacial score (nSPS) is 20.1. The van der Waals surface area contributed by atoms with Gasteiger partial charge in [-0.05, 0) is 36.1 Å². The monoisotopic (exact) mass is 430 g/mol. The predicted octanol–water partition coefficient (Wildman–Crippen LogP) is 4.17. The fraction of sp³-hybridized carbons (Fsp3) is 0.444. The molecule has 1 atom stereocenters. The first kappa shape index (κ1) is 21.2. The summed E-state index contributed by atoms with van der Waals surface area (Å²) in [5.74, 6) is 0.339. The zero-order valence-corrected chi connectivity index (χ0v) is 18.8. The standard InChI is InChI=1S/C27H34N4O/c32-26(21-8-3-1-4-9-21)30-27(23-11-5-2-6-12-23,31-18-16-28-17-19-31)20-22-10-7-13-25-24(22)14-15-29-25/h2,5-7,10-15,21,28-29H,1,3-4,8-9,16-20H2,(H,30,32). The van der Waals surface area contributed by atoms with Crippen molar-refractivity contribution in [2.45, 2.75) is 44.2 Å². The topological polar surface area (TPSA) is 60.2 Å². The van der Waals surface area contributed by atoms with E-state index in [4.69, 9.17) is 0 Å². The molecule has 2 fully saturated rings. The molecule has 2 heterocycles. The highest BCUT2D eigenvalue weighted by Crippen LogP contribution is 2.34. The molecule has 5 rings (SSSR count). The maximum absolute atomic E-state index is 13.7. The minimum atomic E-state index is -0.566. The molecule has 0 spiro atoms. The lowest BCUT2D eigenvalue weighted by atomic mass is 9.85. The molecule has 1 aliphatic carbocycles. The highest BCUT2D eigenvalue weighted by molar-refractivity contribution is 5.83. The summed E-state index contributed by atoms with van der Waals surface area (Å²) in [6, 6.07) is 19.2. The van der Waals surface area contributed by atoms with Crippen LogP contribution in [0.3, 0.4) is 0 Å². The average Bonchev–Trinajstić information content (AvgIpc) is 3.35. The van der Waals surface area contributed by atoms with E-state index in [1.807, 2.05) is 6.20 Å². The lowest BCUT2D eigenvalue weighted by molar-refractivity contribution is -0.131. The number of carbonyl (C=O) groups is 1. The number of hydrogen-bond donors (Lipinski definition) is 3. The maximum atomic E-state index is 13.7. The third-order valence-corrected chi connectivity index (χ3v) is 7.35. The van der Waals surface area contributed by atoms with E-state index >= 15 is 0 Å². The molecule has 0 radical (unpaired) electrons. The largest absolute Gasteiger partial charge is 0.361 e. The van der Waals surface area contributed by atoms with Crippen LogP contribution in [-0.2, 0) is 16.9 Å². The molecule has 0 bridgehead atoms. The van der Waals surface area contributed by atoms with Crippen molar-refractivity contribution in [2.75, 3.05) is 26.2 Å². The van der Waals surface area contributed by atoms with Crippen LogP contribution in [0, 0.1) is 5.92 Å². The number of nitrogens with one attached hydrogen (secondary N) is 3. The van der Waals surface area contributed by atoms with Gasteiger partial charge in [-0.3, -0.25) is 9.69 Å². The molecule has 1 saturated carbocycles. The summed E-state index contributed by atoms with van der Waals surface area (Å²) >= 11 is 0. The third-order valence-electron chi connectivity index (χ3n) is 7.35. The molecular weight excluding hydrogens is 396 g/mol. The first-order valence-corrected chi connectivity index (χ1v) is 12.1. The van der Waals surface area contributed by atoms with Crippen LogP contribution in [0.15, 0.2) is 60.8 Å². The van der Waals surface area contributed by atoms with Crippen LogP contribution in [0.2, 0.25) is 0 Å². The van der Waals surface area contributed by atoms with Gasteiger partial charge in [-0.2, -0.15) is 0 Å². The summed E-state index contributed by atoms with van der Waals surface area (Å²) in [4.78, 5) is 19.5. The van der Waals surface area contributed by atoms with Gasteiger partial charge in [0.25, 0.3) is 0 Å². The number of amides is 1. The van der Waals surface area contributed by atoms with Crippen LogP contribution >= 0.6 is 0 Å². The number of hydrogen-bond acceptors (Lipinski definition) is 3. The summed E-state index contributed by atoms with van der Waals surface area (Å²) in [6.45, 7) is 3.68. The van der Waals surface area contributed by atoms with Gasteiger partial charge in [0.2, 0.25) is 5.91 Å². The highest BCUT2D eigenvalue weighted by atomic mass is 16.2. The summed E-state index contributed by atoms with van der Waals surface area (Å²) < 4.78 is 0. The molecule has 1 saturated heterocycles. The van der Waals surface area contributed by atoms with Gasteiger partial charge in [-0.1, -0.05) is 61.7 Å². The van der Waals surface area contributed by atoms with Gasteiger partial charge in [0.1, 0.15) is 5.66 Å². The van der Waals surface area contributed by atoms with E-state index in [9.17, 15) is 4.79 Å². The highest BCUT2D eigenvalue weighted by Gasteiger charge is 2.42. The molecule has 1 amide bonds. The maximum Gasteiger partial charge on any atom is 0.224 e. The first-order valence-electron chi connectivity index (χ1n) is 12.1. The lowest BCUT2D eigenvalue weighted by Gasteiger charge is -2.47. The van der Waals surface area contributed by atoms with Crippen LogP contribution in [0.1, 0.15) is 43.2 Å². The molecule has 3 aromatic rings. The van der Waals surface area contributed by atoms with E-state index in [1.165, 1.54) is 22.9 Å². The average molecular weight is 431 g/mol. The van der Waals surface area contributed by atoms with Crippen molar-refractivity contribution in [3.05, 3.63) is 71.9 Å². The Morgan fingerprint density at radius 2 is 1.75 bits per heavy atom. The van der Waals surface area contributed by atoms with E-state index in [2.05, 4.69) is 75.1 Å². The van der Waals surface area contributed by atoms with E-state index in [0.29, 0.717) is 0 Å². The minimum absolute atomic E-state index is 0.123. The van der Waals surface area contributed by atoms with Gasteiger partial charge in [0, 0.05) is 55.6 Å². The van der Waals surface area contributed by atoms with Crippen LogP contribution in [0.4, 0.5) is 0 Å². The van der Waals surface area contributed by atoms with Crippen LogP contribution in [-0.4, -0.2) is 42.0 Å². The lowest BCUT2D eigenvalue weighted by Crippen LogP contribution is -2.64. The van der Waals surface area contributed by atoms with Crippen molar-refractivity contribution in [1.29, 1.82) is 0 Å². The number of aromatic nitrogens is 1. The Labute approximate surface area is 190 Å². The van der Waals surface area contributed by atoms with Crippen LogP contribution in [0.25, 0.3) is 10.9 Å². The Morgan fingerprint density at radius 3 is 2.53 bits per heavy atom. The third kappa shape index (κ3) is 4.19. The molecule has 5 heteroatoms. The quantitative estimate of drug-likeness (QED) is 0.550. The Morgan fingerprint density at radius 1 is 0.969 bits per heavy atom. The van der Waals surface area contributed by atoms with E-state index in [0.717, 1.165) is 63.8 Å². The number of H-pyrrole nitrogens is 1. The number of fused-ring (bicyclic) bond motifs is 1. The second-order valence-electron chi connectivity index (χ2n) is 9.32. The second-order valence-corrected chi connectivity index (χ2v) is 9.32. The number of aromatic amines is 1. The fourth-order valence-corrected chi connectivity index (χ4v) is 5.60. The molecule has 168 valence electrons. The van der Waals surface area contributed by atoms with E-state index < -0.39 is 5.66 Å². The summed E-state index contributed by atoms with van der Waals surface area (Å²) in [5, 5.41) is 8.36. The molecule has 2 aliphatic rings. The van der Waals surface area contributed by atoms with Gasteiger partial charge in [0.05, 0.1) is 0 Å². The molecule has 1 aliphatic heterocycles. The summed E-state index contributed by atoms with van der Waals surface area (Å²) in [6.07, 6.45) is 8.33. The Kier molecular flexibility index (Phi) is 6.28. The van der Waals surface area contributed by atoms with E-state index in [-0.39, 0.29) is 11.8 Å². The molecule has 2 aromatic carbocycles. The SMILES string of the molecule is O=C(NC(Cc1cccc2[nH]ccc12)(c1ccccc1)N1CCNCC1)C1CCCCC1. The molecule has 3 N–H and O–H groups in total. The van der Waals surface area contributed by atoms with Crippen molar-refractivity contribution in [1.82, 2.24) is 20.5 Å². The van der Waals surface area contributed by atoms with Gasteiger partial charge < -0.3 is 15.6 Å². The van der Waals surface area contributed by atoms with Crippen molar-refractivity contribution < 1.29 is 4.79 Å². The van der Waals surface area contributed by atoms with Crippen LogP contribution < -0.4 is 10.6 Å². The Hall–Kier alpha value is -2.63. The second kappa shape index (κ2) is 9.47. The van der Waals surface area contributed by atoms with Gasteiger partial charge in [-0.15, -0.1) is 0 Å². The molecule has 1 aromatic heterocycles. The van der Waals surface area contributed by atoms with Gasteiger partial charge in [0.15, 0.2) is 0 Å². The van der Waals surface area contributed by atoms with Crippen molar-refractivity contribution >= 4 is 16.8 Å². The number of rotatable bonds is 6. The van der Waals surface area contributed by atoms with Crippen LogP contribution in [0.5, 0.6) is 0 Å². The van der Waals surface area contributed by atoms with Gasteiger partial charge in [-0.25, -0.2) is 0 Å². The molecule has 1 unspecified atom stereocenters. The van der Waals surface area contributed by atoms with Crippen molar-refractivity contribution in [2.24, 2.45) is 5.92 Å². The fourth-order valence-electron chi connectivity index (χ4n) is 5.60. The summed E-state index contributed by atoms with van der Waals surface area (Å²) in [5.41, 5.74) is 3.00. The zero-order valence-electron chi connectivity index (χ0n) is 18.8. The smallest absolute Gasteiger partial charge is 0.224 e. The first-order chi connectivity index (χ1) is 15.8. The number of nitrogens with zero attached hydrogens (tertiary/aromatic N) is 1. The predicted molar refractivity (Wildman–Crippen MR) is 129 cm³/mol. The minimum Gasteiger partial charge on any atom is -0.361 e. The number of carbonyl (C=O) groups excluding carboxylic acids is 1. The molecular formula is C27H34N4O. The Balaban J connectivity index is 1.59. The van der Waals surface area contributed by atoms with E-state index in [1.54, 1.807) is 0 Å². The summed E-state index contributed by atoms with van der Waals surface area (Å²) in [7, 11) is 0. The number of piperazine rings is 1. The molecule has 5 nitrogen and oxygen atoms in total. The number of benzene rings is 2. The van der Waals surface area contributed by atoms with Gasteiger partial charge >= 0.3 is 0 Å². The van der Waals surface area contributed by atoms with Crippen molar-refractivity contribution in [3.63, 3.8) is 0 Å². The molecule has 32 heavy (non-hydrogen) atoms. The van der Waals surface area contributed by atoms with Crippen molar-refractivity contribution in [3.8, 4) is 0 Å². The Bertz CT molecular complexity index is 1030.